The summed E-state index contributed by atoms with van der Waals surface area (Å²) in [7, 11) is 0. The molecule has 0 radical (unpaired) electrons. The third-order valence-corrected chi connectivity index (χ3v) is 3.91. The highest BCUT2D eigenvalue weighted by atomic mass is 16.1. The highest BCUT2D eigenvalue weighted by Gasteiger charge is 2.04. The third kappa shape index (κ3) is 8.02. The standard InChI is InChI=1S/C20H31NO/c1-3-5-6-7-8-9-10-11-17-21-20(22)19-15-13-18(12-4-2)14-16-19/h4,13-16H,2-3,5-12,17H2,1H3,(H,21,22). The van der Waals surface area contributed by atoms with E-state index in [-0.39, 0.29) is 5.91 Å². The van der Waals surface area contributed by atoms with Crippen LogP contribution in [0.5, 0.6) is 0 Å². The van der Waals surface area contributed by atoms with Crippen molar-refractivity contribution in [3.05, 3.63) is 48.0 Å². The van der Waals surface area contributed by atoms with E-state index in [1.165, 1.54) is 50.5 Å². The summed E-state index contributed by atoms with van der Waals surface area (Å²) in [6.45, 7) is 6.75. The molecule has 0 unspecified atom stereocenters. The van der Waals surface area contributed by atoms with Crippen molar-refractivity contribution < 1.29 is 4.79 Å². The molecule has 2 nitrogen and oxygen atoms in total. The predicted octanol–water partition coefficient (Wildman–Crippen LogP) is 5.29. The van der Waals surface area contributed by atoms with E-state index in [1.54, 1.807) is 0 Å². The van der Waals surface area contributed by atoms with Crippen molar-refractivity contribution in [1.82, 2.24) is 5.32 Å². The third-order valence-electron chi connectivity index (χ3n) is 3.91. The van der Waals surface area contributed by atoms with E-state index in [0.29, 0.717) is 0 Å². The lowest BCUT2D eigenvalue weighted by atomic mass is 10.1. The van der Waals surface area contributed by atoms with E-state index in [2.05, 4.69) is 18.8 Å². The van der Waals surface area contributed by atoms with Crippen molar-refractivity contribution in [3.8, 4) is 0 Å². The smallest absolute Gasteiger partial charge is 0.251 e. The van der Waals surface area contributed by atoms with E-state index in [0.717, 1.165) is 24.9 Å². The van der Waals surface area contributed by atoms with Gasteiger partial charge in [-0.05, 0) is 30.5 Å². The molecule has 1 aromatic carbocycles. The average molecular weight is 301 g/mol. The molecule has 0 heterocycles. The van der Waals surface area contributed by atoms with Crippen LogP contribution in [0.15, 0.2) is 36.9 Å². The second-order valence-corrected chi connectivity index (χ2v) is 5.92. The average Bonchev–Trinajstić information content (AvgIpc) is 2.54. The molecule has 0 aliphatic carbocycles. The maximum absolute atomic E-state index is 12.0. The van der Waals surface area contributed by atoms with Gasteiger partial charge >= 0.3 is 0 Å². The number of hydrogen-bond donors (Lipinski definition) is 1. The second-order valence-electron chi connectivity index (χ2n) is 5.92. The summed E-state index contributed by atoms with van der Waals surface area (Å²) in [4.78, 5) is 12.0. The van der Waals surface area contributed by atoms with E-state index in [4.69, 9.17) is 0 Å². The van der Waals surface area contributed by atoms with Gasteiger partial charge in [-0.2, -0.15) is 0 Å². The molecule has 1 N–H and O–H groups in total. The highest BCUT2D eigenvalue weighted by molar-refractivity contribution is 5.94. The number of carbonyl (C=O) groups is 1. The number of benzene rings is 1. The van der Waals surface area contributed by atoms with Gasteiger partial charge in [0.1, 0.15) is 0 Å². The van der Waals surface area contributed by atoms with Crippen LogP contribution in [0, 0.1) is 0 Å². The zero-order valence-electron chi connectivity index (χ0n) is 14.1. The molecule has 22 heavy (non-hydrogen) atoms. The van der Waals surface area contributed by atoms with Gasteiger partial charge in [-0.1, -0.05) is 70.1 Å². The fourth-order valence-electron chi connectivity index (χ4n) is 2.52. The lowest BCUT2D eigenvalue weighted by Gasteiger charge is -2.06. The lowest BCUT2D eigenvalue weighted by molar-refractivity contribution is 0.0953. The molecule has 0 spiro atoms. The van der Waals surface area contributed by atoms with Gasteiger partial charge in [-0.3, -0.25) is 4.79 Å². The van der Waals surface area contributed by atoms with E-state index < -0.39 is 0 Å². The zero-order valence-corrected chi connectivity index (χ0v) is 14.1. The minimum atomic E-state index is 0.0353. The van der Waals surface area contributed by atoms with Crippen LogP contribution in [0.25, 0.3) is 0 Å². The SMILES string of the molecule is C=CCc1ccc(C(=O)NCCCCCCCCCC)cc1. The molecule has 0 aliphatic rings. The summed E-state index contributed by atoms with van der Waals surface area (Å²) in [5, 5.41) is 3.00. The maximum Gasteiger partial charge on any atom is 0.251 e. The molecule has 0 bridgehead atoms. The molecule has 0 fully saturated rings. The number of nitrogens with one attached hydrogen (secondary N) is 1. The molecule has 0 saturated heterocycles. The van der Waals surface area contributed by atoms with Gasteiger partial charge in [0.2, 0.25) is 0 Å². The van der Waals surface area contributed by atoms with Crippen LogP contribution in [-0.4, -0.2) is 12.5 Å². The Balaban J connectivity index is 2.09. The summed E-state index contributed by atoms with van der Waals surface area (Å²) in [6.07, 6.45) is 13.0. The summed E-state index contributed by atoms with van der Waals surface area (Å²) in [6, 6.07) is 7.77. The Labute approximate surface area is 136 Å². The predicted molar refractivity (Wildman–Crippen MR) is 95.3 cm³/mol. The molecule has 0 aromatic heterocycles. The van der Waals surface area contributed by atoms with Crippen molar-refractivity contribution in [1.29, 1.82) is 0 Å². The topological polar surface area (TPSA) is 29.1 Å². The number of carbonyl (C=O) groups excluding carboxylic acids is 1. The number of amides is 1. The molecule has 0 aliphatic heterocycles. The molecule has 1 rings (SSSR count). The van der Waals surface area contributed by atoms with Crippen LogP contribution in [0.1, 0.15) is 74.2 Å². The van der Waals surface area contributed by atoms with E-state index in [1.807, 2.05) is 30.3 Å². The molecule has 0 saturated carbocycles. The van der Waals surface area contributed by atoms with Crippen molar-refractivity contribution in [3.63, 3.8) is 0 Å². The number of allylic oxidation sites excluding steroid dienone is 1. The molecule has 0 atom stereocenters. The Hall–Kier alpha value is -1.57. The highest BCUT2D eigenvalue weighted by Crippen LogP contribution is 2.08. The van der Waals surface area contributed by atoms with E-state index >= 15 is 0 Å². The first-order valence-electron chi connectivity index (χ1n) is 8.76. The van der Waals surface area contributed by atoms with Gasteiger partial charge in [0.05, 0.1) is 0 Å². The maximum atomic E-state index is 12.0. The van der Waals surface area contributed by atoms with Crippen molar-refractivity contribution in [2.75, 3.05) is 6.54 Å². The van der Waals surface area contributed by atoms with Crippen LogP contribution in [0.3, 0.4) is 0 Å². The second kappa shape index (κ2) is 12.0. The van der Waals surface area contributed by atoms with Gasteiger partial charge in [-0.15, -0.1) is 6.58 Å². The summed E-state index contributed by atoms with van der Waals surface area (Å²) in [5.74, 6) is 0.0353. The molecule has 1 amide bonds. The Morgan fingerprint density at radius 2 is 1.59 bits per heavy atom. The number of unbranched alkanes of at least 4 members (excludes halogenated alkanes) is 7. The summed E-state index contributed by atoms with van der Waals surface area (Å²) in [5.41, 5.74) is 1.93. The fourth-order valence-corrected chi connectivity index (χ4v) is 2.52. The molecule has 1 aromatic rings. The molecule has 122 valence electrons. The Bertz CT molecular complexity index is 422. The van der Waals surface area contributed by atoms with Crippen LogP contribution >= 0.6 is 0 Å². The first-order chi connectivity index (χ1) is 10.8. The molecular formula is C20H31NO. The summed E-state index contributed by atoms with van der Waals surface area (Å²) < 4.78 is 0. The normalized spacial score (nSPS) is 10.4. The number of rotatable bonds is 12. The molecule has 2 heteroatoms. The van der Waals surface area contributed by atoms with Gasteiger partial charge in [0, 0.05) is 12.1 Å². The van der Waals surface area contributed by atoms with E-state index in [9.17, 15) is 4.79 Å². The van der Waals surface area contributed by atoms with Crippen molar-refractivity contribution in [2.45, 2.75) is 64.7 Å². The van der Waals surface area contributed by atoms with Crippen molar-refractivity contribution >= 4 is 5.91 Å². The quantitative estimate of drug-likeness (QED) is 0.413. The van der Waals surface area contributed by atoms with Gasteiger partial charge in [-0.25, -0.2) is 0 Å². The van der Waals surface area contributed by atoms with Gasteiger partial charge < -0.3 is 5.32 Å². The Morgan fingerprint density at radius 3 is 2.18 bits per heavy atom. The van der Waals surface area contributed by atoms with Gasteiger partial charge in [0.15, 0.2) is 0 Å². The first-order valence-corrected chi connectivity index (χ1v) is 8.76. The minimum absolute atomic E-state index is 0.0353. The van der Waals surface area contributed by atoms with Gasteiger partial charge in [0.25, 0.3) is 5.91 Å². The Morgan fingerprint density at radius 1 is 1.00 bits per heavy atom. The molecular weight excluding hydrogens is 270 g/mol. The van der Waals surface area contributed by atoms with Crippen LogP contribution in [-0.2, 0) is 6.42 Å². The summed E-state index contributed by atoms with van der Waals surface area (Å²) >= 11 is 0. The van der Waals surface area contributed by atoms with Crippen LogP contribution in [0.4, 0.5) is 0 Å². The van der Waals surface area contributed by atoms with Crippen LogP contribution < -0.4 is 5.32 Å². The minimum Gasteiger partial charge on any atom is -0.352 e. The van der Waals surface area contributed by atoms with Crippen LogP contribution in [0.2, 0.25) is 0 Å². The monoisotopic (exact) mass is 301 g/mol. The lowest BCUT2D eigenvalue weighted by Crippen LogP contribution is -2.24. The zero-order chi connectivity index (χ0) is 16.0. The fraction of sp³-hybridized carbons (Fsp3) is 0.550. The number of hydrogen-bond acceptors (Lipinski definition) is 1. The Kier molecular flexibility index (Phi) is 10.1. The van der Waals surface area contributed by atoms with Crippen molar-refractivity contribution in [2.24, 2.45) is 0 Å². The largest absolute Gasteiger partial charge is 0.352 e. The first kappa shape index (κ1) is 18.5.